The van der Waals surface area contributed by atoms with Gasteiger partial charge < -0.3 is 19.6 Å². The zero-order valence-corrected chi connectivity index (χ0v) is 19.8. The number of halogens is 4. The summed E-state index contributed by atoms with van der Waals surface area (Å²) in [5, 5.41) is 11.0. The highest BCUT2D eigenvalue weighted by molar-refractivity contribution is 7.64. The molecule has 3 aromatic carbocycles. The molecular formula is C24H24F4NO5P. The van der Waals surface area contributed by atoms with Crippen LogP contribution in [0.2, 0.25) is 0 Å². The predicted octanol–water partition coefficient (Wildman–Crippen LogP) is 6.09. The van der Waals surface area contributed by atoms with Crippen LogP contribution in [-0.2, 0) is 15.5 Å². The van der Waals surface area contributed by atoms with Gasteiger partial charge in [0.1, 0.15) is 5.75 Å². The SMILES string of the molecule is Cc1cc(P(=O)(O)NO)c2cccc(C)c2c1Oc1ccc(C2CCOCC2)c(C(F)(F)F)c1F. The molecule has 3 aromatic rings. The maximum absolute atomic E-state index is 15.4. The average Bonchev–Trinajstić information content (AvgIpc) is 2.81. The normalized spacial score (nSPS) is 16.9. The van der Waals surface area contributed by atoms with Crippen molar-refractivity contribution < 1.29 is 41.7 Å². The van der Waals surface area contributed by atoms with Gasteiger partial charge in [0.2, 0.25) is 0 Å². The molecule has 1 unspecified atom stereocenters. The van der Waals surface area contributed by atoms with Gasteiger partial charge >= 0.3 is 13.7 Å². The molecule has 3 N–H and O–H groups in total. The first kappa shape index (κ1) is 25.6. The second-order valence-corrected chi connectivity index (χ2v) is 10.4. The summed E-state index contributed by atoms with van der Waals surface area (Å²) in [7, 11) is -4.37. The van der Waals surface area contributed by atoms with Gasteiger partial charge in [0.25, 0.3) is 0 Å². The van der Waals surface area contributed by atoms with Crippen LogP contribution in [-0.4, -0.2) is 23.3 Å². The van der Waals surface area contributed by atoms with E-state index in [-0.39, 0.29) is 27.6 Å². The summed E-state index contributed by atoms with van der Waals surface area (Å²) in [6.07, 6.45) is -4.23. The average molecular weight is 513 g/mol. The first-order valence-electron chi connectivity index (χ1n) is 10.9. The zero-order chi connectivity index (χ0) is 25.5. The number of fused-ring (bicyclic) bond motifs is 1. The van der Waals surface area contributed by atoms with E-state index >= 15 is 4.39 Å². The van der Waals surface area contributed by atoms with E-state index in [0.29, 0.717) is 37.0 Å². The van der Waals surface area contributed by atoms with Gasteiger partial charge in [0.05, 0.1) is 10.9 Å². The lowest BCUT2D eigenvalue weighted by atomic mass is 9.87. The third-order valence-corrected chi connectivity index (χ3v) is 7.54. The lowest BCUT2D eigenvalue weighted by molar-refractivity contribution is -0.141. The molecule has 1 aliphatic heterocycles. The van der Waals surface area contributed by atoms with Crippen molar-refractivity contribution >= 4 is 23.6 Å². The Labute approximate surface area is 198 Å². The third kappa shape index (κ3) is 4.81. The highest BCUT2D eigenvalue weighted by atomic mass is 31.2. The summed E-state index contributed by atoms with van der Waals surface area (Å²) in [5.74, 6) is -2.57. The second-order valence-electron chi connectivity index (χ2n) is 8.54. The lowest BCUT2D eigenvalue weighted by Crippen LogP contribution is -2.20. The molecule has 35 heavy (non-hydrogen) atoms. The van der Waals surface area contributed by atoms with Gasteiger partial charge in [-0.1, -0.05) is 24.3 Å². The summed E-state index contributed by atoms with van der Waals surface area (Å²) >= 11 is 0. The lowest BCUT2D eigenvalue weighted by Gasteiger charge is -2.26. The van der Waals surface area contributed by atoms with Gasteiger partial charge in [-0.2, -0.15) is 13.2 Å². The van der Waals surface area contributed by atoms with E-state index in [1.54, 1.807) is 19.1 Å². The van der Waals surface area contributed by atoms with Crippen molar-refractivity contribution in [1.29, 1.82) is 0 Å². The topological polar surface area (TPSA) is 88.0 Å². The predicted molar refractivity (Wildman–Crippen MR) is 122 cm³/mol. The molecule has 1 aliphatic rings. The molecule has 0 saturated carbocycles. The molecule has 188 valence electrons. The summed E-state index contributed by atoms with van der Waals surface area (Å²) in [6, 6.07) is 8.50. The largest absolute Gasteiger partial charge is 0.453 e. The zero-order valence-electron chi connectivity index (χ0n) is 18.9. The van der Waals surface area contributed by atoms with Gasteiger partial charge in [-0.3, -0.25) is 4.57 Å². The molecule has 4 rings (SSSR count). The standard InChI is InChI=1S/C24H24F4NO5P/c1-13-4-3-5-17-19(35(31,32)29-30)12-14(2)23(20(13)17)34-18-7-6-16(15-8-10-33-11-9-15)21(22(18)25)24(26,27)28/h3-7,12,15,30H,8-11H2,1-2H3,(H2,29,31,32). The quantitative estimate of drug-likeness (QED) is 0.217. The molecule has 6 nitrogen and oxygen atoms in total. The van der Waals surface area contributed by atoms with E-state index in [9.17, 15) is 27.8 Å². The molecule has 0 amide bonds. The van der Waals surface area contributed by atoms with Crippen LogP contribution in [0.1, 0.15) is 41.0 Å². The van der Waals surface area contributed by atoms with Crippen LogP contribution in [0, 0.1) is 19.7 Å². The van der Waals surface area contributed by atoms with Crippen LogP contribution in [0.4, 0.5) is 17.6 Å². The van der Waals surface area contributed by atoms with Gasteiger partial charge in [0, 0.05) is 24.0 Å². The van der Waals surface area contributed by atoms with Crippen LogP contribution >= 0.6 is 7.52 Å². The Morgan fingerprint density at radius 1 is 1.11 bits per heavy atom. The first-order chi connectivity index (χ1) is 16.5. The number of alkyl halides is 3. The Kier molecular flexibility index (Phi) is 6.96. The molecule has 1 fully saturated rings. The van der Waals surface area contributed by atoms with Crippen LogP contribution in [0.5, 0.6) is 11.5 Å². The molecule has 0 spiro atoms. The Morgan fingerprint density at radius 3 is 2.43 bits per heavy atom. The molecule has 0 radical (unpaired) electrons. The number of aryl methyl sites for hydroxylation is 2. The fourth-order valence-electron chi connectivity index (χ4n) is 4.56. The van der Waals surface area contributed by atoms with Crippen molar-refractivity contribution in [2.24, 2.45) is 0 Å². The number of hydrogen-bond donors (Lipinski definition) is 3. The van der Waals surface area contributed by atoms with Gasteiger partial charge in [0.15, 0.2) is 11.6 Å². The van der Waals surface area contributed by atoms with Gasteiger partial charge in [-0.25, -0.2) is 4.39 Å². The van der Waals surface area contributed by atoms with Crippen LogP contribution in [0.3, 0.4) is 0 Å². The van der Waals surface area contributed by atoms with E-state index in [0.717, 1.165) is 0 Å². The van der Waals surface area contributed by atoms with Crippen LogP contribution in [0.25, 0.3) is 10.8 Å². The Balaban J connectivity index is 1.89. The van der Waals surface area contributed by atoms with Crippen LogP contribution in [0.15, 0.2) is 36.4 Å². The van der Waals surface area contributed by atoms with Crippen molar-refractivity contribution in [1.82, 2.24) is 5.25 Å². The minimum absolute atomic E-state index is 0.0469. The van der Waals surface area contributed by atoms with Crippen molar-refractivity contribution in [3.05, 3.63) is 64.5 Å². The minimum atomic E-state index is -4.94. The van der Waals surface area contributed by atoms with Gasteiger partial charge in [-0.05, 0) is 61.4 Å². The maximum Gasteiger partial charge on any atom is 0.419 e. The molecular weight excluding hydrogens is 489 g/mol. The highest BCUT2D eigenvalue weighted by Gasteiger charge is 2.40. The van der Waals surface area contributed by atoms with Gasteiger partial charge in [-0.15, -0.1) is 5.25 Å². The highest BCUT2D eigenvalue weighted by Crippen LogP contribution is 2.46. The Bertz CT molecular complexity index is 1320. The molecule has 1 saturated heterocycles. The van der Waals surface area contributed by atoms with E-state index < -0.39 is 36.7 Å². The van der Waals surface area contributed by atoms with E-state index in [1.807, 2.05) is 0 Å². The minimum Gasteiger partial charge on any atom is -0.453 e. The molecule has 1 atom stereocenters. The van der Waals surface area contributed by atoms with E-state index in [2.05, 4.69) is 0 Å². The fourth-order valence-corrected chi connectivity index (χ4v) is 5.55. The monoisotopic (exact) mass is 513 g/mol. The number of rotatable bonds is 5. The maximum atomic E-state index is 15.4. The molecule has 0 bridgehead atoms. The van der Waals surface area contributed by atoms with Crippen molar-refractivity contribution in [2.75, 3.05) is 13.2 Å². The van der Waals surface area contributed by atoms with E-state index in [4.69, 9.17) is 9.47 Å². The summed E-state index contributed by atoms with van der Waals surface area (Å²) < 4.78 is 80.9. The third-order valence-electron chi connectivity index (χ3n) is 6.24. The number of hydrogen-bond acceptors (Lipinski definition) is 4. The molecule has 11 heteroatoms. The second kappa shape index (κ2) is 9.52. The fraction of sp³-hybridized carbons (Fsp3) is 0.333. The number of ether oxygens (including phenoxy) is 2. The summed E-state index contributed by atoms with van der Waals surface area (Å²) in [4.78, 5) is 10.2. The smallest absolute Gasteiger partial charge is 0.419 e. The van der Waals surface area contributed by atoms with Crippen molar-refractivity contribution in [2.45, 2.75) is 38.8 Å². The molecule has 0 aromatic heterocycles. The Morgan fingerprint density at radius 2 is 1.80 bits per heavy atom. The number of nitrogens with one attached hydrogen (secondary N) is 1. The van der Waals surface area contributed by atoms with Crippen LogP contribution < -0.4 is 15.3 Å². The molecule has 0 aliphatic carbocycles. The number of benzene rings is 3. The van der Waals surface area contributed by atoms with Crippen molar-refractivity contribution in [3.63, 3.8) is 0 Å². The molecule has 1 heterocycles. The summed E-state index contributed by atoms with van der Waals surface area (Å²) in [6.45, 7) is 3.80. The summed E-state index contributed by atoms with van der Waals surface area (Å²) in [5.41, 5.74) is -0.640. The van der Waals surface area contributed by atoms with E-state index in [1.165, 1.54) is 36.4 Å². The van der Waals surface area contributed by atoms with Crippen molar-refractivity contribution in [3.8, 4) is 11.5 Å². The first-order valence-corrected chi connectivity index (χ1v) is 12.5. The Hall–Kier alpha value is -2.49.